The topological polar surface area (TPSA) is 60.4 Å². The molecule has 1 atom stereocenters. The van der Waals surface area contributed by atoms with Gasteiger partial charge in [0.15, 0.2) is 9.84 Å². The van der Waals surface area contributed by atoms with Crippen molar-refractivity contribution in [2.24, 2.45) is 0 Å². The van der Waals surface area contributed by atoms with Crippen LogP contribution in [0.5, 0.6) is 0 Å². The maximum atomic E-state index is 14.1. The van der Waals surface area contributed by atoms with E-state index in [1.54, 1.807) is 0 Å². The Kier molecular flexibility index (Phi) is 5.89. The number of halogens is 1. The van der Waals surface area contributed by atoms with Crippen LogP contribution in [0.15, 0.2) is 17.0 Å². The van der Waals surface area contributed by atoms with E-state index in [-0.39, 0.29) is 16.4 Å². The first-order valence-corrected chi connectivity index (χ1v) is 8.77. The number of esters is 1. The molecule has 1 aromatic carbocycles. The fourth-order valence-corrected chi connectivity index (χ4v) is 3.39. The van der Waals surface area contributed by atoms with E-state index in [2.05, 4.69) is 4.74 Å². The van der Waals surface area contributed by atoms with Gasteiger partial charge in [0, 0.05) is 6.26 Å². The molecule has 0 bridgehead atoms. The molecule has 0 heterocycles. The summed E-state index contributed by atoms with van der Waals surface area (Å²) >= 11 is 0. The van der Waals surface area contributed by atoms with Crippen LogP contribution < -0.4 is 0 Å². The second-order valence-corrected chi connectivity index (χ2v) is 7.01. The van der Waals surface area contributed by atoms with Crippen LogP contribution in [0.1, 0.15) is 54.9 Å². The fraction of sp³-hybridized carbons (Fsp3) is 0.533. The predicted molar refractivity (Wildman–Crippen MR) is 78.8 cm³/mol. The Hall–Kier alpha value is -1.43. The Morgan fingerprint density at radius 2 is 1.95 bits per heavy atom. The van der Waals surface area contributed by atoms with Crippen molar-refractivity contribution in [3.63, 3.8) is 0 Å². The maximum Gasteiger partial charge on any atom is 0.340 e. The molecule has 1 aromatic rings. The molecule has 0 radical (unpaired) electrons. The van der Waals surface area contributed by atoms with Gasteiger partial charge in [-0.25, -0.2) is 17.6 Å². The standard InChI is InChI=1S/C15H21FO4S/c1-5-7-10(6-2)11-8-13(16)12(15(17)20-3)9-14(11)21(4,18)19/h8-10H,5-7H2,1-4H3. The van der Waals surface area contributed by atoms with Gasteiger partial charge in [-0.1, -0.05) is 20.3 Å². The zero-order chi connectivity index (χ0) is 16.2. The second-order valence-electron chi connectivity index (χ2n) is 5.03. The Morgan fingerprint density at radius 1 is 1.33 bits per heavy atom. The molecule has 21 heavy (non-hydrogen) atoms. The number of carbonyl (C=O) groups is 1. The van der Waals surface area contributed by atoms with E-state index in [1.165, 1.54) is 0 Å². The summed E-state index contributed by atoms with van der Waals surface area (Å²) < 4.78 is 42.5. The van der Waals surface area contributed by atoms with E-state index in [1.807, 2.05) is 13.8 Å². The highest BCUT2D eigenvalue weighted by Gasteiger charge is 2.24. The molecule has 0 aliphatic heterocycles. The monoisotopic (exact) mass is 316 g/mol. The molecule has 0 amide bonds. The first-order valence-electron chi connectivity index (χ1n) is 6.88. The lowest BCUT2D eigenvalue weighted by atomic mass is 9.91. The van der Waals surface area contributed by atoms with E-state index in [0.29, 0.717) is 12.0 Å². The summed E-state index contributed by atoms with van der Waals surface area (Å²) in [7, 11) is -2.44. The zero-order valence-corrected chi connectivity index (χ0v) is 13.6. The van der Waals surface area contributed by atoms with Gasteiger partial charge in [-0.2, -0.15) is 0 Å². The number of rotatable bonds is 6. The van der Waals surface area contributed by atoms with Gasteiger partial charge < -0.3 is 4.74 Å². The summed E-state index contributed by atoms with van der Waals surface area (Å²) in [6.45, 7) is 3.92. The highest BCUT2D eigenvalue weighted by Crippen LogP contribution is 2.32. The van der Waals surface area contributed by atoms with Crippen LogP contribution >= 0.6 is 0 Å². The molecule has 4 nitrogen and oxygen atoms in total. The summed E-state index contributed by atoms with van der Waals surface area (Å²) in [4.78, 5) is 11.5. The molecule has 118 valence electrons. The maximum absolute atomic E-state index is 14.1. The van der Waals surface area contributed by atoms with Crippen LogP contribution in [-0.2, 0) is 14.6 Å². The Balaban J connectivity index is 3.57. The van der Waals surface area contributed by atoms with Crippen LogP contribution in [-0.4, -0.2) is 27.8 Å². The summed E-state index contributed by atoms with van der Waals surface area (Å²) in [6, 6.07) is 2.25. The largest absolute Gasteiger partial charge is 0.465 e. The molecule has 0 saturated heterocycles. The second kappa shape index (κ2) is 7.02. The number of ether oxygens (including phenoxy) is 1. The Labute approximate surface area is 125 Å². The normalized spacial score (nSPS) is 13.0. The highest BCUT2D eigenvalue weighted by molar-refractivity contribution is 7.90. The van der Waals surface area contributed by atoms with Crippen molar-refractivity contribution >= 4 is 15.8 Å². The molecule has 0 aromatic heterocycles. The zero-order valence-electron chi connectivity index (χ0n) is 12.8. The van der Waals surface area contributed by atoms with Gasteiger partial charge in [0.25, 0.3) is 0 Å². The van der Waals surface area contributed by atoms with Crippen molar-refractivity contribution in [1.82, 2.24) is 0 Å². The minimum atomic E-state index is -3.56. The average Bonchev–Trinajstić information content (AvgIpc) is 2.42. The van der Waals surface area contributed by atoms with Crippen molar-refractivity contribution in [3.05, 3.63) is 29.1 Å². The first-order chi connectivity index (χ1) is 9.76. The molecule has 1 rings (SSSR count). The molecule has 0 aliphatic rings. The molecule has 6 heteroatoms. The smallest absolute Gasteiger partial charge is 0.340 e. The van der Waals surface area contributed by atoms with E-state index in [0.717, 1.165) is 38.3 Å². The third-order valence-electron chi connectivity index (χ3n) is 3.47. The number of methoxy groups -OCH3 is 1. The van der Waals surface area contributed by atoms with Crippen LogP contribution in [0, 0.1) is 5.82 Å². The molecule has 0 spiro atoms. The fourth-order valence-electron chi connectivity index (χ4n) is 2.40. The van der Waals surface area contributed by atoms with Gasteiger partial charge in [-0.15, -0.1) is 0 Å². The van der Waals surface area contributed by atoms with E-state index < -0.39 is 21.6 Å². The van der Waals surface area contributed by atoms with Gasteiger partial charge in [-0.05, 0) is 36.5 Å². The molecule has 1 unspecified atom stereocenters. The van der Waals surface area contributed by atoms with Crippen LogP contribution in [0.25, 0.3) is 0 Å². The SMILES string of the molecule is CCCC(CC)c1cc(F)c(C(=O)OC)cc1S(C)(=O)=O. The van der Waals surface area contributed by atoms with Gasteiger partial charge in [-0.3, -0.25) is 0 Å². The number of hydrogen-bond donors (Lipinski definition) is 0. The van der Waals surface area contributed by atoms with Crippen molar-refractivity contribution in [2.45, 2.75) is 43.9 Å². The number of benzene rings is 1. The van der Waals surface area contributed by atoms with Crippen molar-refractivity contribution in [1.29, 1.82) is 0 Å². The van der Waals surface area contributed by atoms with Crippen molar-refractivity contribution in [2.75, 3.05) is 13.4 Å². The van der Waals surface area contributed by atoms with E-state index in [4.69, 9.17) is 0 Å². The van der Waals surface area contributed by atoms with Crippen LogP contribution in [0.3, 0.4) is 0 Å². The highest BCUT2D eigenvalue weighted by atomic mass is 32.2. The molecule has 0 N–H and O–H groups in total. The van der Waals surface area contributed by atoms with Crippen LogP contribution in [0.4, 0.5) is 4.39 Å². The molecule has 0 aliphatic carbocycles. The molecule has 0 fully saturated rings. The van der Waals surface area contributed by atoms with Crippen molar-refractivity contribution in [3.8, 4) is 0 Å². The third-order valence-corrected chi connectivity index (χ3v) is 4.63. The van der Waals surface area contributed by atoms with E-state index in [9.17, 15) is 17.6 Å². The van der Waals surface area contributed by atoms with Gasteiger partial charge in [0.2, 0.25) is 0 Å². The Morgan fingerprint density at radius 3 is 2.38 bits per heavy atom. The lowest BCUT2D eigenvalue weighted by molar-refractivity contribution is 0.0595. The lowest BCUT2D eigenvalue weighted by Crippen LogP contribution is -2.12. The van der Waals surface area contributed by atoms with Crippen LogP contribution in [0.2, 0.25) is 0 Å². The lowest BCUT2D eigenvalue weighted by Gasteiger charge is -2.19. The minimum absolute atomic E-state index is 0.00426. The van der Waals surface area contributed by atoms with Gasteiger partial charge in [0.1, 0.15) is 5.82 Å². The molecular formula is C15H21FO4S. The number of hydrogen-bond acceptors (Lipinski definition) is 4. The molecule has 0 saturated carbocycles. The van der Waals surface area contributed by atoms with E-state index >= 15 is 0 Å². The van der Waals surface area contributed by atoms with Gasteiger partial charge in [0.05, 0.1) is 17.6 Å². The average molecular weight is 316 g/mol. The summed E-state index contributed by atoms with van der Waals surface area (Å²) in [5.41, 5.74) is 0.0834. The van der Waals surface area contributed by atoms with Gasteiger partial charge >= 0.3 is 5.97 Å². The number of sulfone groups is 1. The summed E-state index contributed by atoms with van der Waals surface area (Å²) in [6.07, 6.45) is 3.38. The third kappa shape index (κ3) is 4.03. The molecular weight excluding hydrogens is 295 g/mol. The quantitative estimate of drug-likeness (QED) is 0.597. The summed E-state index contributed by atoms with van der Waals surface area (Å²) in [5.74, 6) is -1.69. The first kappa shape index (κ1) is 17.6. The van der Waals surface area contributed by atoms with Crippen molar-refractivity contribution < 1.29 is 22.3 Å². The number of carbonyl (C=O) groups excluding carboxylic acids is 1. The summed E-state index contributed by atoms with van der Waals surface area (Å²) in [5, 5.41) is 0. The Bertz CT molecular complexity index is 623. The predicted octanol–water partition coefficient (Wildman–Crippen LogP) is 3.31. The minimum Gasteiger partial charge on any atom is -0.465 e.